The Bertz CT molecular complexity index is 1450. The molecular formula is C24H17Cl2N5O3. The lowest BCUT2D eigenvalue weighted by Gasteiger charge is -2.18. The van der Waals surface area contributed by atoms with Crippen LogP contribution in [0.3, 0.4) is 0 Å². The highest BCUT2D eigenvalue weighted by Crippen LogP contribution is 2.22. The van der Waals surface area contributed by atoms with E-state index in [0.717, 1.165) is 0 Å². The van der Waals surface area contributed by atoms with Gasteiger partial charge in [-0.25, -0.2) is 10.5 Å². The number of fused-ring (bicyclic) bond motifs is 1. The number of rotatable bonds is 6. The monoisotopic (exact) mass is 493 g/mol. The molecule has 0 spiro atoms. The van der Waals surface area contributed by atoms with Crippen LogP contribution in [0.4, 0.5) is 0 Å². The number of hydrogen-bond acceptors (Lipinski definition) is 5. The Balaban J connectivity index is 1.66. The maximum atomic E-state index is 13.1. The van der Waals surface area contributed by atoms with Crippen LogP contribution >= 0.6 is 23.2 Å². The number of aromatic amines is 1. The van der Waals surface area contributed by atoms with Crippen molar-refractivity contribution in [2.75, 3.05) is 0 Å². The molecule has 0 fully saturated rings. The van der Waals surface area contributed by atoms with Crippen LogP contribution in [0.25, 0.3) is 10.8 Å². The van der Waals surface area contributed by atoms with Crippen molar-refractivity contribution in [1.82, 2.24) is 20.9 Å². The Kier molecular flexibility index (Phi) is 7.01. The molecule has 0 radical (unpaired) electrons. The van der Waals surface area contributed by atoms with Crippen LogP contribution in [-0.4, -0.2) is 28.2 Å². The fourth-order valence-corrected chi connectivity index (χ4v) is 3.55. The standard InChI is InChI=1S/C24H17Cl2N5O3/c25-18-11-10-14(12-19(18)26)13-27-30-24(34)21(28-22(32)15-6-2-1-3-7-15)20-16-8-4-5-9-17(16)23(33)31-29-20/h1-13,21H,(H,28,32)(H,30,34)(H,31,33)/b27-13+. The van der Waals surface area contributed by atoms with E-state index in [9.17, 15) is 14.4 Å². The Labute approximate surface area is 203 Å². The van der Waals surface area contributed by atoms with E-state index in [-0.39, 0.29) is 5.69 Å². The lowest BCUT2D eigenvalue weighted by molar-refractivity contribution is -0.123. The molecule has 8 nitrogen and oxygen atoms in total. The molecular weight excluding hydrogens is 477 g/mol. The Hall–Kier alpha value is -4.01. The average Bonchev–Trinajstić information content (AvgIpc) is 2.86. The number of carbonyl (C=O) groups is 2. The summed E-state index contributed by atoms with van der Waals surface area (Å²) >= 11 is 11.9. The van der Waals surface area contributed by atoms with E-state index in [1.807, 2.05) is 0 Å². The first kappa shape index (κ1) is 23.2. The number of hydrogen-bond donors (Lipinski definition) is 3. The number of amides is 2. The summed E-state index contributed by atoms with van der Waals surface area (Å²) in [5.74, 6) is -1.16. The Morgan fingerprint density at radius 1 is 0.941 bits per heavy atom. The molecule has 1 atom stereocenters. The van der Waals surface area contributed by atoms with E-state index in [2.05, 4.69) is 26.0 Å². The molecule has 3 aromatic carbocycles. The predicted octanol–water partition coefficient (Wildman–Crippen LogP) is 3.85. The summed E-state index contributed by atoms with van der Waals surface area (Å²) in [7, 11) is 0. The zero-order chi connectivity index (χ0) is 24.1. The average molecular weight is 494 g/mol. The van der Waals surface area contributed by atoms with Crippen molar-refractivity contribution in [2.24, 2.45) is 5.10 Å². The molecule has 170 valence electrons. The van der Waals surface area contributed by atoms with Crippen LogP contribution in [0.5, 0.6) is 0 Å². The fourth-order valence-electron chi connectivity index (χ4n) is 3.25. The molecule has 0 aliphatic rings. The minimum atomic E-state index is -1.25. The molecule has 1 aromatic heterocycles. The van der Waals surface area contributed by atoms with E-state index in [1.54, 1.807) is 72.8 Å². The summed E-state index contributed by atoms with van der Waals surface area (Å²) in [5, 5.41) is 14.6. The summed E-state index contributed by atoms with van der Waals surface area (Å²) < 4.78 is 0. The summed E-state index contributed by atoms with van der Waals surface area (Å²) in [6, 6.07) is 18.7. The van der Waals surface area contributed by atoms with E-state index in [0.29, 0.717) is 31.9 Å². The number of H-pyrrole nitrogens is 1. The maximum absolute atomic E-state index is 13.1. The lowest BCUT2D eigenvalue weighted by Crippen LogP contribution is -2.40. The third-order valence-corrected chi connectivity index (χ3v) is 5.64. The third-order valence-electron chi connectivity index (χ3n) is 4.90. The number of hydrazone groups is 1. The van der Waals surface area contributed by atoms with Crippen LogP contribution in [0.1, 0.15) is 27.7 Å². The molecule has 0 saturated heterocycles. The SMILES string of the molecule is O=C(NC(C(=O)N/N=C/c1ccc(Cl)c(Cl)c1)c1n[nH]c(=O)c2ccccc12)c1ccccc1. The first-order chi connectivity index (χ1) is 16.4. The number of aromatic nitrogens is 2. The first-order valence-corrected chi connectivity index (χ1v) is 10.8. The van der Waals surface area contributed by atoms with E-state index >= 15 is 0 Å². The van der Waals surface area contributed by atoms with Gasteiger partial charge in [0, 0.05) is 10.9 Å². The van der Waals surface area contributed by atoms with Gasteiger partial charge in [0.2, 0.25) is 0 Å². The second-order valence-electron chi connectivity index (χ2n) is 7.16. The highest BCUT2D eigenvalue weighted by Gasteiger charge is 2.27. The third kappa shape index (κ3) is 5.14. The zero-order valence-corrected chi connectivity index (χ0v) is 19.0. The molecule has 4 aromatic rings. The van der Waals surface area contributed by atoms with Crippen molar-refractivity contribution in [3.63, 3.8) is 0 Å². The fraction of sp³-hybridized carbons (Fsp3) is 0.0417. The minimum absolute atomic E-state index is 0.168. The van der Waals surface area contributed by atoms with Gasteiger partial charge in [0.1, 0.15) is 5.69 Å². The van der Waals surface area contributed by atoms with Crippen LogP contribution in [-0.2, 0) is 4.79 Å². The Morgan fingerprint density at radius 3 is 2.38 bits per heavy atom. The quantitative estimate of drug-likeness (QED) is 0.279. The van der Waals surface area contributed by atoms with Crippen molar-refractivity contribution >= 4 is 52.0 Å². The van der Waals surface area contributed by atoms with Gasteiger partial charge in [-0.1, -0.05) is 65.7 Å². The van der Waals surface area contributed by atoms with E-state index in [4.69, 9.17) is 23.2 Å². The molecule has 1 unspecified atom stereocenters. The van der Waals surface area contributed by atoms with Crippen molar-refractivity contribution in [3.05, 3.63) is 110 Å². The van der Waals surface area contributed by atoms with Crippen LogP contribution < -0.4 is 16.3 Å². The Morgan fingerprint density at radius 2 is 1.65 bits per heavy atom. The van der Waals surface area contributed by atoms with Crippen molar-refractivity contribution in [3.8, 4) is 0 Å². The van der Waals surface area contributed by atoms with Crippen LogP contribution in [0, 0.1) is 0 Å². The van der Waals surface area contributed by atoms with Gasteiger partial charge in [0.05, 0.1) is 21.6 Å². The summed E-state index contributed by atoms with van der Waals surface area (Å²) in [6.45, 7) is 0. The van der Waals surface area contributed by atoms with Crippen molar-refractivity contribution in [2.45, 2.75) is 6.04 Å². The molecule has 34 heavy (non-hydrogen) atoms. The van der Waals surface area contributed by atoms with Gasteiger partial charge >= 0.3 is 0 Å². The molecule has 0 aliphatic heterocycles. The first-order valence-electron chi connectivity index (χ1n) is 10.1. The number of nitrogens with zero attached hydrogens (tertiary/aromatic N) is 2. The number of benzene rings is 3. The lowest BCUT2D eigenvalue weighted by atomic mass is 10.0. The van der Waals surface area contributed by atoms with Gasteiger partial charge in [-0.3, -0.25) is 14.4 Å². The number of carbonyl (C=O) groups excluding carboxylic acids is 2. The van der Waals surface area contributed by atoms with Gasteiger partial charge in [0.25, 0.3) is 17.4 Å². The van der Waals surface area contributed by atoms with Crippen molar-refractivity contribution in [1.29, 1.82) is 0 Å². The maximum Gasteiger partial charge on any atom is 0.272 e. The molecule has 0 saturated carbocycles. The topological polar surface area (TPSA) is 116 Å². The molecule has 1 heterocycles. The summed E-state index contributed by atoms with van der Waals surface area (Å²) in [4.78, 5) is 38.2. The van der Waals surface area contributed by atoms with Crippen LogP contribution in [0.2, 0.25) is 10.0 Å². The molecule has 10 heteroatoms. The summed E-state index contributed by atoms with van der Waals surface area (Å²) in [5.41, 5.74) is 3.12. The van der Waals surface area contributed by atoms with Gasteiger partial charge in [0.15, 0.2) is 6.04 Å². The van der Waals surface area contributed by atoms with E-state index < -0.39 is 23.4 Å². The normalized spacial score (nSPS) is 11.9. The van der Waals surface area contributed by atoms with Gasteiger partial charge < -0.3 is 5.32 Å². The highest BCUT2D eigenvalue weighted by molar-refractivity contribution is 6.42. The molecule has 0 bridgehead atoms. The largest absolute Gasteiger partial charge is 0.335 e. The zero-order valence-electron chi connectivity index (χ0n) is 17.5. The molecule has 4 rings (SSSR count). The minimum Gasteiger partial charge on any atom is -0.335 e. The van der Waals surface area contributed by atoms with Crippen LogP contribution in [0.15, 0.2) is 82.7 Å². The highest BCUT2D eigenvalue weighted by atomic mass is 35.5. The van der Waals surface area contributed by atoms with Gasteiger partial charge in [-0.2, -0.15) is 10.2 Å². The molecule has 0 aliphatic carbocycles. The molecule has 2 amide bonds. The smallest absolute Gasteiger partial charge is 0.272 e. The predicted molar refractivity (Wildman–Crippen MR) is 131 cm³/mol. The second kappa shape index (κ2) is 10.3. The summed E-state index contributed by atoms with van der Waals surface area (Å²) in [6.07, 6.45) is 1.38. The van der Waals surface area contributed by atoms with Crippen molar-refractivity contribution < 1.29 is 9.59 Å². The number of halogens is 2. The van der Waals surface area contributed by atoms with Gasteiger partial charge in [-0.05, 0) is 35.9 Å². The second-order valence-corrected chi connectivity index (χ2v) is 7.98. The number of nitrogens with one attached hydrogen (secondary N) is 3. The molecule has 3 N–H and O–H groups in total. The van der Waals surface area contributed by atoms with E-state index in [1.165, 1.54) is 6.21 Å². The van der Waals surface area contributed by atoms with Gasteiger partial charge in [-0.15, -0.1) is 0 Å².